The number of nitrogens with zero attached hydrogens (tertiary/aromatic N) is 1. The van der Waals surface area contributed by atoms with Gasteiger partial charge in [-0.2, -0.15) is 0 Å². The molecule has 5 nitrogen and oxygen atoms in total. The van der Waals surface area contributed by atoms with Gasteiger partial charge in [0.15, 0.2) is 0 Å². The van der Waals surface area contributed by atoms with E-state index >= 15 is 0 Å². The van der Waals surface area contributed by atoms with Crippen molar-refractivity contribution >= 4 is 11.6 Å². The summed E-state index contributed by atoms with van der Waals surface area (Å²) in [5, 5.41) is 6.19. The maximum absolute atomic E-state index is 12.2. The third kappa shape index (κ3) is 4.20. The molecular weight excluding hydrogens is 254 g/mol. The van der Waals surface area contributed by atoms with Gasteiger partial charge >= 0.3 is 0 Å². The van der Waals surface area contributed by atoms with Gasteiger partial charge in [-0.15, -0.1) is 0 Å². The van der Waals surface area contributed by atoms with E-state index in [1.807, 2.05) is 6.07 Å². The van der Waals surface area contributed by atoms with Crippen LogP contribution in [0.25, 0.3) is 0 Å². The first kappa shape index (κ1) is 14.8. The first-order chi connectivity index (χ1) is 9.81. The van der Waals surface area contributed by atoms with Gasteiger partial charge in [-0.1, -0.05) is 6.92 Å². The standard InChI is InChI=1S/C15H23N3O2/c1-2-7-17-14-6-8-16-11-13(14)15(19)18-9-5-12-4-3-10-20-12/h6,8,11-12H,2-5,7,9-10H2,1H3,(H,16,17)(H,18,19). The van der Waals surface area contributed by atoms with E-state index in [9.17, 15) is 4.79 Å². The van der Waals surface area contributed by atoms with Crippen LogP contribution in [0.4, 0.5) is 5.69 Å². The van der Waals surface area contributed by atoms with Crippen molar-refractivity contribution in [2.45, 2.75) is 38.7 Å². The van der Waals surface area contributed by atoms with Crippen LogP contribution >= 0.6 is 0 Å². The molecule has 1 aliphatic rings. The molecule has 2 heterocycles. The molecule has 1 saturated heterocycles. The monoisotopic (exact) mass is 277 g/mol. The van der Waals surface area contributed by atoms with Gasteiger partial charge in [0.1, 0.15) is 0 Å². The van der Waals surface area contributed by atoms with Crippen molar-refractivity contribution < 1.29 is 9.53 Å². The molecule has 2 rings (SSSR count). The first-order valence-corrected chi connectivity index (χ1v) is 7.39. The lowest BCUT2D eigenvalue weighted by Gasteiger charge is -2.12. The predicted octanol–water partition coefficient (Wildman–Crippen LogP) is 2.20. The zero-order valence-corrected chi connectivity index (χ0v) is 12.0. The number of aromatic nitrogens is 1. The number of ether oxygens (including phenoxy) is 1. The van der Waals surface area contributed by atoms with E-state index in [4.69, 9.17) is 4.74 Å². The quantitative estimate of drug-likeness (QED) is 0.802. The molecule has 1 atom stereocenters. The summed E-state index contributed by atoms with van der Waals surface area (Å²) in [6.07, 6.45) is 7.74. The van der Waals surface area contributed by atoms with Crippen LogP contribution in [0.2, 0.25) is 0 Å². The third-order valence-electron chi connectivity index (χ3n) is 3.41. The molecule has 1 aromatic rings. The average Bonchev–Trinajstić information content (AvgIpc) is 2.98. The molecule has 0 bridgehead atoms. The number of carbonyl (C=O) groups excluding carboxylic acids is 1. The van der Waals surface area contributed by atoms with Crippen LogP contribution in [0, 0.1) is 0 Å². The Morgan fingerprint density at radius 2 is 2.40 bits per heavy atom. The van der Waals surface area contributed by atoms with Crippen LogP contribution in [0.15, 0.2) is 18.5 Å². The van der Waals surface area contributed by atoms with Gasteiger partial charge in [-0.3, -0.25) is 9.78 Å². The summed E-state index contributed by atoms with van der Waals surface area (Å²) < 4.78 is 5.54. The van der Waals surface area contributed by atoms with Crippen LogP contribution in [0.1, 0.15) is 43.0 Å². The Kier molecular flexibility index (Phi) is 5.80. The van der Waals surface area contributed by atoms with E-state index in [1.54, 1.807) is 12.4 Å². The SMILES string of the molecule is CCCNc1ccncc1C(=O)NCCC1CCCO1. The van der Waals surface area contributed by atoms with Gasteiger partial charge in [-0.25, -0.2) is 0 Å². The third-order valence-corrected chi connectivity index (χ3v) is 3.41. The highest BCUT2D eigenvalue weighted by Crippen LogP contribution is 2.15. The maximum atomic E-state index is 12.2. The minimum Gasteiger partial charge on any atom is -0.384 e. The van der Waals surface area contributed by atoms with Crippen molar-refractivity contribution in [3.05, 3.63) is 24.0 Å². The van der Waals surface area contributed by atoms with Crippen molar-refractivity contribution in [1.29, 1.82) is 0 Å². The topological polar surface area (TPSA) is 63.2 Å². The molecule has 1 fully saturated rings. The van der Waals surface area contributed by atoms with Gasteiger partial charge in [-0.05, 0) is 31.7 Å². The van der Waals surface area contributed by atoms with E-state index in [0.29, 0.717) is 18.2 Å². The lowest BCUT2D eigenvalue weighted by molar-refractivity contribution is 0.0907. The molecule has 1 amide bonds. The van der Waals surface area contributed by atoms with Crippen LogP contribution in [0.5, 0.6) is 0 Å². The average molecular weight is 277 g/mol. The minimum atomic E-state index is -0.0744. The molecule has 1 aliphatic heterocycles. The highest BCUT2D eigenvalue weighted by atomic mass is 16.5. The number of carbonyl (C=O) groups is 1. The molecule has 2 N–H and O–H groups in total. The zero-order valence-electron chi connectivity index (χ0n) is 12.0. The second kappa shape index (κ2) is 7.85. The lowest BCUT2D eigenvalue weighted by Crippen LogP contribution is -2.28. The van der Waals surface area contributed by atoms with Crippen molar-refractivity contribution in [3.8, 4) is 0 Å². The Bertz CT molecular complexity index is 431. The van der Waals surface area contributed by atoms with Crippen LogP contribution in [-0.2, 0) is 4.74 Å². The molecule has 110 valence electrons. The van der Waals surface area contributed by atoms with Crippen molar-refractivity contribution in [2.75, 3.05) is 25.0 Å². The number of pyridine rings is 1. The van der Waals surface area contributed by atoms with Gasteiger partial charge in [0.25, 0.3) is 5.91 Å². The zero-order chi connectivity index (χ0) is 14.2. The molecule has 5 heteroatoms. The predicted molar refractivity (Wildman–Crippen MR) is 78.9 cm³/mol. The van der Waals surface area contributed by atoms with Gasteiger partial charge in [0, 0.05) is 32.1 Å². The van der Waals surface area contributed by atoms with Crippen LogP contribution in [-0.4, -0.2) is 36.7 Å². The number of hydrogen-bond acceptors (Lipinski definition) is 4. The highest BCUT2D eigenvalue weighted by molar-refractivity contribution is 5.99. The molecule has 0 radical (unpaired) electrons. The molecule has 0 aliphatic carbocycles. The van der Waals surface area contributed by atoms with Crippen LogP contribution < -0.4 is 10.6 Å². The van der Waals surface area contributed by atoms with Gasteiger partial charge in [0.05, 0.1) is 17.4 Å². The summed E-state index contributed by atoms with van der Waals surface area (Å²) >= 11 is 0. The summed E-state index contributed by atoms with van der Waals surface area (Å²) in [4.78, 5) is 16.2. The van der Waals surface area contributed by atoms with Crippen LogP contribution in [0.3, 0.4) is 0 Å². The maximum Gasteiger partial charge on any atom is 0.254 e. The highest BCUT2D eigenvalue weighted by Gasteiger charge is 2.16. The summed E-state index contributed by atoms with van der Waals surface area (Å²) in [7, 11) is 0. The minimum absolute atomic E-state index is 0.0744. The number of anilines is 1. The summed E-state index contributed by atoms with van der Waals surface area (Å²) in [6.45, 7) is 4.44. The van der Waals surface area contributed by atoms with E-state index in [1.165, 1.54) is 0 Å². The first-order valence-electron chi connectivity index (χ1n) is 7.39. The molecule has 1 aromatic heterocycles. The molecule has 20 heavy (non-hydrogen) atoms. The van der Waals surface area contributed by atoms with E-state index < -0.39 is 0 Å². The number of nitrogens with one attached hydrogen (secondary N) is 2. The molecule has 1 unspecified atom stereocenters. The van der Waals surface area contributed by atoms with E-state index in [-0.39, 0.29) is 5.91 Å². The van der Waals surface area contributed by atoms with Crippen molar-refractivity contribution in [2.24, 2.45) is 0 Å². The van der Waals surface area contributed by atoms with E-state index in [0.717, 1.165) is 44.5 Å². The second-order valence-electron chi connectivity index (χ2n) is 5.03. The smallest absolute Gasteiger partial charge is 0.254 e. The lowest BCUT2D eigenvalue weighted by atomic mass is 10.1. The summed E-state index contributed by atoms with van der Waals surface area (Å²) in [5.74, 6) is -0.0744. The molecular formula is C15H23N3O2. The fraction of sp³-hybridized carbons (Fsp3) is 0.600. The number of amides is 1. The van der Waals surface area contributed by atoms with Crippen molar-refractivity contribution in [3.63, 3.8) is 0 Å². The number of rotatable bonds is 7. The normalized spacial score (nSPS) is 17.9. The Hall–Kier alpha value is -1.62. The fourth-order valence-corrected chi connectivity index (χ4v) is 2.30. The Morgan fingerprint density at radius 3 is 3.15 bits per heavy atom. The molecule has 0 spiro atoms. The fourth-order valence-electron chi connectivity index (χ4n) is 2.30. The molecule has 0 aromatic carbocycles. The molecule has 0 saturated carbocycles. The largest absolute Gasteiger partial charge is 0.384 e. The second-order valence-corrected chi connectivity index (χ2v) is 5.03. The Balaban J connectivity index is 1.84. The van der Waals surface area contributed by atoms with Gasteiger partial charge < -0.3 is 15.4 Å². The van der Waals surface area contributed by atoms with Gasteiger partial charge in [0.2, 0.25) is 0 Å². The Morgan fingerprint density at radius 1 is 1.50 bits per heavy atom. The summed E-state index contributed by atoms with van der Waals surface area (Å²) in [5.41, 5.74) is 1.45. The Labute approximate surface area is 120 Å². The van der Waals surface area contributed by atoms with Crippen molar-refractivity contribution in [1.82, 2.24) is 10.3 Å². The number of hydrogen-bond donors (Lipinski definition) is 2. The summed E-state index contributed by atoms with van der Waals surface area (Å²) in [6, 6.07) is 1.84. The van der Waals surface area contributed by atoms with E-state index in [2.05, 4.69) is 22.5 Å².